The van der Waals surface area contributed by atoms with Gasteiger partial charge in [0.05, 0.1) is 12.0 Å². The summed E-state index contributed by atoms with van der Waals surface area (Å²) in [6, 6.07) is 7.92. The van der Waals surface area contributed by atoms with Gasteiger partial charge in [-0.25, -0.2) is 4.98 Å². The molecule has 1 saturated heterocycles. The Labute approximate surface area is 174 Å². The quantitative estimate of drug-likeness (QED) is 0.584. The summed E-state index contributed by atoms with van der Waals surface area (Å²) in [5, 5.41) is 17.2. The normalized spacial score (nSPS) is 19.4. The first-order valence-electron chi connectivity index (χ1n) is 9.58. The molecule has 9 heteroatoms. The molecule has 1 amide bonds. The van der Waals surface area contributed by atoms with E-state index in [9.17, 15) is 14.7 Å². The Morgan fingerprint density at radius 2 is 2.00 bits per heavy atom. The van der Waals surface area contributed by atoms with Gasteiger partial charge in [0.25, 0.3) is 5.91 Å². The Kier molecular flexibility index (Phi) is 6.40. The summed E-state index contributed by atoms with van der Waals surface area (Å²) >= 11 is 1.37. The second-order valence-electron chi connectivity index (χ2n) is 8.02. The predicted molar refractivity (Wildman–Crippen MR) is 110 cm³/mol. The Morgan fingerprint density at radius 3 is 2.55 bits per heavy atom. The number of aromatic nitrogens is 3. The van der Waals surface area contributed by atoms with Crippen LogP contribution in [-0.4, -0.2) is 44.8 Å². The maximum absolute atomic E-state index is 13.0. The van der Waals surface area contributed by atoms with Crippen molar-refractivity contribution in [1.82, 2.24) is 20.1 Å². The van der Waals surface area contributed by atoms with E-state index in [4.69, 9.17) is 5.73 Å². The van der Waals surface area contributed by atoms with Gasteiger partial charge in [-0.2, -0.15) is 4.68 Å². The molecular formula is C20H27N5O3S. The number of nitrogens with two attached hydrogens (primary N) is 1. The number of thioether (sulfide) groups is 1. The van der Waals surface area contributed by atoms with E-state index < -0.39 is 11.3 Å². The van der Waals surface area contributed by atoms with E-state index in [0.717, 1.165) is 11.1 Å². The van der Waals surface area contributed by atoms with Gasteiger partial charge in [0, 0.05) is 18.8 Å². The number of aliphatic hydroxyl groups is 1. The average molecular weight is 418 g/mol. The molecule has 0 saturated carbocycles. The van der Waals surface area contributed by atoms with Gasteiger partial charge in [-0.1, -0.05) is 43.0 Å². The van der Waals surface area contributed by atoms with Crippen molar-refractivity contribution in [1.29, 1.82) is 0 Å². The molecule has 8 nitrogen and oxygen atoms in total. The van der Waals surface area contributed by atoms with Crippen LogP contribution in [0.3, 0.4) is 0 Å². The van der Waals surface area contributed by atoms with Gasteiger partial charge in [-0.05, 0) is 30.9 Å². The van der Waals surface area contributed by atoms with Crippen LogP contribution in [0.1, 0.15) is 48.4 Å². The Hall–Kier alpha value is -2.23. The molecule has 0 radical (unpaired) electrons. The maximum atomic E-state index is 13.0. The van der Waals surface area contributed by atoms with Crippen LogP contribution in [-0.2, 0) is 17.1 Å². The standard InChI is InChI=1S/C20H27N5O3S/c1-12-9-22-17(27)15(12)16-23-19(25(24-16)18(28)20(2,3)11-26)29-10-14-6-4-13(8-21)5-7-14/h4-7,12,15,26H,8-11,21H2,1-3H3,(H,22,27). The SMILES string of the molecule is CC1CNC(=O)C1c1nc(SCc2ccc(CN)cc2)n(C(=O)C(C)(C)CO)n1. The molecule has 1 fully saturated rings. The molecule has 2 heterocycles. The molecule has 1 aliphatic rings. The molecule has 1 aliphatic heterocycles. The Morgan fingerprint density at radius 1 is 1.34 bits per heavy atom. The summed E-state index contributed by atoms with van der Waals surface area (Å²) in [7, 11) is 0. The predicted octanol–water partition coefficient (Wildman–Crippen LogP) is 1.54. The van der Waals surface area contributed by atoms with Crippen molar-refractivity contribution in [3.8, 4) is 0 Å². The van der Waals surface area contributed by atoms with Crippen LogP contribution in [0.25, 0.3) is 0 Å². The highest BCUT2D eigenvalue weighted by atomic mass is 32.2. The van der Waals surface area contributed by atoms with Crippen LogP contribution in [0, 0.1) is 11.3 Å². The number of amides is 1. The van der Waals surface area contributed by atoms with Crippen molar-refractivity contribution in [3.05, 3.63) is 41.2 Å². The smallest absolute Gasteiger partial charge is 0.257 e. The number of aliphatic hydroxyl groups excluding tert-OH is 1. The highest BCUT2D eigenvalue weighted by Gasteiger charge is 2.38. The molecule has 2 aromatic rings. The Bertz CT molecular complexity index is 894. The van der Waals surface area contributed by atoms with Crippen molar-refractivity contribution < 1.29 is 14.7 Å². The molecule has 0 bridgehead atoms. The molecule has 4 N–H and O–H groups in total. The number of rotatable bonds is 7. The van der Waals surface area contributed by atoms with Crippen LogP contribution < -0.4 is 11.1 Å². The summed E-state index contributed by atoms with van der Waals surface area (Å²) in [5.74, 6) is 0.00614. The minimum absolute atomic E-state index is 0.0426. The summed E-state index contributed by atoms with van der Waals surface area (Å²) in [5.41, 5.74) is 6.74. The third kappa shape index (κ3) is 4.52. The fourth-order valence-corrected chi connectivity index (χ4v) is 3.96. The molecule has 0 aliphatic carbocycles. The molecular weight excluding hydrogens is 390 g/mol. The summed E-state index contributed by atoms with van der Waals surface area (Å²) in [6.07, 6.45) is 0. The van der Waals surface area contributed by atoms with Crippen LogP contribution in [0.5, 0.6) is 0 Å². The number of hydrogen-bond donors (Lipinski definition) is 3. The topological polar surface area (TPSA) is 123 Å². The molecule has 29 heavy (non-hydrogen) atoms. The Balaban J connectivity index is 1.90. The van der Waals surface area contributed by atoms with Crippen LogP contribution in [0.4, 0.5) is 0 Å². The number of nitrogens with zero attached hydrogens (tertiary/aromatic N) is 3. The van der Waals surface area contributed by atoms with E-state index in [1.54, 1.807) is 13.8 Å². The molecule has 2 atom stereocenters. The van der Waals surface area contributed by atoms with E-state index in [-0.39, 0.29) is 24.3 Å². The van der Waals surface area contributed by atoms with Gasteiger partial charge < -0.3 is 16.2 Å². The molecule has 156 valence electrons. The van der Waals surface area contributed by atoms with Crippen molar-refractivity contribution in [3.63, 3.8) is 0 Å². The first-order valence-corrected chi connectivity index (χ1v) is 10.6. The number of hydrogen-bond acceptors (Lipinski definition) is 7. The zero-order valence-electron chi connectivity index (χ0n) is 16.9. The van der Waals surface area contributed by atoms with Crippen LogP contribution in [0.15, 0.2) is 29.4 Å². The molecule has 0 spiro atoms. The van der Waals surface area contributed by atoms with Crippen molar-refractivity contribution in [2.45, 2.75) is 44.1 Å². The highest BCUT2D eigenvalue weighted by Crippen LogP contribution is 2.31. The van der Waals surface area contributed by atoms with Gasteiger partial charge in [0.2, 0.25) is 5.91 Å². The lowest BCUT2D eigenvalue weighted by molar-refractivity contribution is -0.120. The minimum atomic E-state index is -1.01. The number of carbonyl (C=O) groups excluding carboxylic acids is 2. The van der Waals surface area contributed by atoms with Crippen LogP contribution >= 0.6 is 11.8 Å². The summed E-state index contributed by atoms with van der Waals surface area (Å²) in [6.45, 7) is 5.99. The first kappa shape index (κ1) is 21.5. The van der Waals surface area contributed by atoms with E-state index in [1.165, 1.54) is 16.4 Å². The first-order chi connectivity index (χ1) is 13.8. The molecule has 3 rings (SSSR count). The highest BCUT2D eigenvalue weighted by molar-refractivity contribution is 7.98. The van der Waals surface area contributed by atoms with Crippen molar-refractivity contribution >= 4 is 23.6 Å². The number of benzene rings is 1. The van der Waals surface area contributed by atoms with E-state index in [2.05, 4.69) is 15.4 Å². The molecule has 1 aromatic heterocycles. The molecule has 2 unspecified atom stereocenters. The lowest BCUT2D eigenvalue weighted by Gasteiger charge is -2.19. The third-order valence-corrected chi connectivity index (χ3v) is 6.12. The number of nitrogens with one attached hydrogen (secondary N) is 1. The van der Waals surface area contributed by atoms with Crippen LogP contribution in [0.2, 0.25) is 0 Å². The van der Waals surface area contributed by atoms with Gasteiger partial charge >= 0.3 is 0 Å². The lowest BCUT2D eigenvalue weighted by Crippen LogP contribution is -2.34. The lowest BCUT2D eigenvalue weighted by atomic mass is 9.94. The minimum Gasteiger partial charge on any atom is -0.395 e. The maximum Gasteiger partial charge on any atom is 0.257 e. The zero-order valence-corrected chi connectivity index (χ0v) is 17.7. The summed E-state index contributed by atoms with van der Waals surface area (Å²) < 4.78 is 1.24. The van der Waals surface area contributed by atoms with Crippen molar-refractivity contribution in [2.75, 3.05) is 13.2 Å². The van der Waals surface area contributed by atoms with Gasteiger partial charge in [-0.3, -0.25) is 9.59 Å². The second-order valence-corrected chi connectivity index (χ2v) is 8.96. The van der Waals surface area contributed by atoms with Gasteiger partial charge in [0.1, 0.15) is 5.92 Å². The monoisotopic (exact) mass is 417 g/mol. The third-order valence-electron chi connectivity index (χ3n) is 5.12. The summed E-state index contributed by atoms with van der Waals surface area (Å²) in [4.78, 5) is 29.7. The van der Waals surface area contributed by atoms with E-state index in [1.807, 2.05) is 31.2 Å². The second kappa shape index (κ2) is 8.64. The van der Waals surface area contributed by atoms with Gasteiger partial charge in [-0.15, -0.1) is 5.10 Å². The molecule has 1 aromatic carbocycles. The average Bonchev–Trinajstić information content (AvgIpc) is 3.28. The largest absolute Gasteiger partial charge is 0.395 e. The van der Waals surface area contributed by atoms with Crippen molar-refractivity contribution in [2.24, 2.45) is 17.1 Å². The fraction of sp³-hybridized carbons (Fsp3) is 0.500. The number of carbonyl (C=O) groups is 2. The zero-order chi connectivity index (χ0) is 21.2. The van der Waals surface area contributed by atoms with E-state index in [0.29, 0.717) is 29.8 Å². The van der Waals surface area contributed by atoms with E-state index >= 15 is 0 Å². The fourth-order valence-electron chi connectivity index (χ4n) is 3.06. The van der Waals surface area contributed by atoms with Gasteiger partial charge in [0.15, 0.2) is 11.0 Å².